The highest BCUT2D eigenvalue weighted by molar-refractivity contribution is 6.04. The van der Waals surface area contributed by atoms with Crippen LogP contribution in [0.3, 0.4) is 0 Å². The largest absolute Gasteiger partial charge is 0.342 e. The molecule has 1 heterocycles. The Balaban J connectivity index is 1.66. The molecular formula is C20H25N3O2. The molecule has 0 radical (unpaired) electrons. The number of amides is 2. The number of aromatic nitrogens is 1. The van der Waals surface area contributed by atoms with Gasteiger partial charge < -0.3 is 10.2 Å². The molecule has 0 bridgehead atoms. The molecule has 1 saturated carbocycles. The Hall–Kier alpha value is -2.43. The van der Waals surface area contributed by atoms with Gasteiger partial charge in [0, 0.05) is 24.7 Å². The van der Waals surface area contributed by atoms with E-state index in [2.05, 4.69) is 24.1 Å². The van der Waals surface area contributed by atoms with E-state index in [1.54, 1.807) is 6.20 Å². The van der Waals surface area contributed by atoms with Gasteiger partial charge in [0.15, 0.2) is 0 Å². The maximum atomic E-state index is 12.6. The maximum absolute atomic E-state index is 12.6. The predicted octanol–water partition coefficient (Wildman–Crippen LogP) is 3.46. The monoisotopic (exact) mass is 339 g/mol. The summed E-state index contributed by atoms with van der Waals surface area (Å²) in [5.41, 5.74) is 1.49. The lowest BCUT2D eigenvalue weighted by Crippen LogP contribution is -2.34. The number of benzene rings is 1. The molecule has 0 aliphatic heterocycles. The van der Waals surface area contributed by atoms with Crippen LogP contribution >= 0.6 is 0 Å². The van der Waals surface area contributed by atoms with Gasteiger partial charge in [-0.25, -0.2) is 0 Å². The average molecular weight is 339 g/mol. The van der Waals surface area contributed by atoms with Crippen LogP contribution in [-0.2, 0) is 9.59 Å². The Kier molecular flexibility index (Phi) is 5.31. The van der Waals surface area contributed by atoms with Crippen LogP contribution in [0.4, 0.5) is 5.69 Å². The Labute approximate surface area is 148 Å². The van der Waals surface area contributed by atoms with Gasteiger partial charge in [-0.05, 0) is 31.4 Å². The van der Waals surface area contributed by atoms with Crippen molar-refractivity contribution in [1.82, 2.24) is 9.88 Å². The van der Waals surface area contributed by atoms with Gasteiger partial charge in [-0.1, -0.05) is 32.0 Å². The molecule has 1 fully saturated rings. The van der Waals surface area contributed by atoms with Crippen LogP contribution < -0.4 is 5.32 Å². The molecule has 25 heavy (non-hydrogen) atoms. The molecule has 0 saturated heterocycles. The zero-order valence-electron chi connectivity index (χ0n) is 14.9. The van der Waals surface area contributed by atoms with Crippen molar-refractivity contribution >= 4 is 28.4 Å². The fourth-order valence-corrected chi connectivity index (χ4v) is 3.29. The van der Waals surface area contributed by atoms with Crippen molar-refractivity contribution in [3.63, 3.8) is 0 Å². The van der Waals surface area contributed by atoms with E-state index in [1.165, 1.54) is 0 Å². The van der Waals surface area contributed by atoms with Crippen molar-refractivity contribution in [2.24, 2.45) is 11.8 Å². The molecule has 2 amide bonds. The van der Waals surface area contributed by atoms with Crippen molar-refractivity contribution in [3.8, 4) is 0 Å². The first-order valence-electron chi connectivity index (χ1n) is 9.09. The number of rotatable bonds is 7. The second-order valence-electron chi connectivity index (χ2n) is 6.64. The van der Waals surface area contributed by atoms with Gasteiger partial charge in [0.05, 0.1) is 23.0 Å². The van der Waals surface area contributed by atoms with Gasteiger partial charge in [-0.3, -0.25) is 14.6 Å². The Morgan fingerprint density at radius 3 is 2.56 bits per heavy atom. The number of hydrogen-bond donors (Lipinski definition) is 1. The molecule has 1 aromatic carbocycles. The Morgan fingerprint density at radius 2 is 1.84 bits per heavy atom. The third-order valence-electron chi connectivity index (χ3n) is 4.63. The number of nitrogens with zero attached hydrogens (tertiary/aromatic N) is 2. The number of para-hydroxylation sites is 1. The van der Waals surface area contributed by atoms with Gasteiger partial charge >= 0.3 is 0 Å². The van der Waals surface area contributed by atoms with E-state index in [9.17, 15) is 9.59 Å². The van der Waals surface area contributed by atoms with Crippen molar-refractivity contribution in [2.75, 3.05) is 18.4 Å². The number of fused-ring (bicyclic) bond motifs is 1. The molecule has 1 N–H and O–H groups in total. The highest BCUT2D eigenvalue weighted by Crippen LogP contribution is 2.41. The van der Waals surface area contributed by atoms with E-state index >= 15 is 0 Å². The van der Waals surface area contributed by atoms with Crippen molar-refractivity contribution in [3.05, 3.63) is 36.5 Å². The van der Waals surface area contributed by atoms with E-state index in [1.807, 2.05) is 35.2 Å². The maximum Gasteiger partial charge on any atom is 0.228 e. The molecule has 132 valence electrons. The van der Waals surface area contributed by atoms with Crippen LogP contribution in [0.15, 0.2) is 36.5 Å². The van der Waals surface area contributed by atoms with Gasteiger partial charge in [0.25, 0.3) is 0 Å². The summed E-state index contributed by atoms with van der Waals surface area (Å²) in [7, 11) is 0. The predicted molar refractivity (Wildman–Crippen MR) is 99.1 cm³/mol. The molecular weight excluding hydrogens is 314 g/mol. The summed E-state index contributed by atoms with van der Waals surface area (Å²) in [6, 6.07) is 9.56. The molecule has 5 nitrogen and oxygen atoms in total. The van der Waals surface area contributed by atoms with Gasteiger partial charge in [0.2, 0.25) is 11.8 Å². The van der Waals surface area contributed by atoms with E-state index in [0.29, 0.717) is 12.1 Å². The summed E-state index contributed by atoms with van der Waals surface area (Å²) in [4.78, 5) is 31.4. The second kappa shape index (κ2) is 7.64. The van der Waals surface area contributed by atoms with E-state index in [-0.39, 0.29) is 23.7 Å². The minimum Gasteiger partial charge on any atom is -0.342 e. The number of hydrogen-bond acceptors (Lipinski definition) is 3. The van der Waals surface area contributed by atoms with Crippen LogP contribution in [0.5, 0.6) is 0 Å². The van der Waals surface area contributed by atoms with Gasteiger partial charge in [0.1, 0.15) is 0 Å². The topological polar surface area (TPSA) is 62.3 Å². The zero-order valence-corrected chi connectivity index (χ0v) is 14.9. The smallest absolute Gasteiger partial charge is 0.228 e. The molecule has 0 spiro atoms. The molecule has 1 aliphatic carbocycles. The minimum absolute atomic E-state index is 0.0792. The van der Waals surface area contributed by atoms with Crippen LogP contribution in [0.2, 0.25) is 0 Å². The SMILES string of the molecule is CCCN(CCC)C(=O)C1CC1C(=O)Nc1cccc2cccnc12. The first-order chi connectivity index (χ1) is 12.2. The third-order valence-corrected chi connectivity index (χ3v) is 4.63. The number of anilines is 1. The van der Waals surface area contributed by atoms with Crippen LogP contribution in [0, 0.1) is 11.8 Å². The van der Waals surface area contributed by atoms with E-state index in [4.69, 9.17) is 0 Å². The average Bonchev–Trinajstić information content (AvgIpc) is 3.42. The molecule has 1 aromatic heterocycles. The first-order valence-corrected chi connectivity index (χ1v) is 9.09. The lowest BCUT2D eigenvalue weighted by molar-refractivity contribution is -0.134. The zero-order chi connectivity index (χ0) is 17.8. The van der Waals surface area contributed by atoms with Crippen molar-refractivity contribution in [1.29, 1.82) is 0 Å². The highest BCUT2D eigenvalue weighted by atomic mass is 16.2. The van der Waals surface area contributed by atoms with Crippen LogP contribution in [0.1, 0.15) is 33.1 Å². The summed E-state index contributed by atoms with van der Waals surface area (Å²) >= 11 is 0. The van der Waals surface area contributed by atoms with E-state index in [0.717, 1.165) is 36.8 Å². The quantitative estimate of drug-likeness (QED) is 0.840. The summed E-state index contributed by atoms with van der Waals surface area (Å²) in [5.74, 6) is -0.340. The molecule has 2 atom stereocenters. The standard InChI is InChI=1S/C20H25N3O2/c1-3-11-23(12-4-2)20(25)16-13-15(16)19(24)22-17-9-5-7-14-8-6-10-21-18(14)17/h5-10,15-16H,3-4,11-13H2,1-2H3,(H,22,24). The van der Waals surface area contributed by atoms with Crippen molar-refractivity contribution < 1.29 is 9.59 Å². The van der Waals surface area contributed by atoms with E-state index < -0.39 is 0 Å². The summed E-state index contributed by atoms with van der Waals surface area (Å²) in [6.45, 7) is 5.68. The molecule has 5 heteroatoms. The van der Waals surface area contributed by atoms with Gasteiger partial charge in [-0.15, -0.1) is 0 Å². The lowest BCUT2D eigenvalue weighted by atomic mass is 10.2. The number of carbonyl (C=O) groups excluding carboxylic acids is 2. The van der Waals surface area contributed by atoms with Crippen molar-refractivity contribution in [2.45, 2.75) is 33.1 Å². The molecule has 3 rings (SSSR count). The second-order valence-corrected chi connectivity index (χ2v) is 6.64. The van der Waals surface area contributed by atoms with Crippen LogP contribution in [-0.4, -0.2) is 34.8 Å². The number of nitrogens with one attached hydrogen (secondary N) is 1. The fourth-order valence-electron chi connectivity index (χ4n) is 3.29. The first kappa shape index (κ1) is 17.4. The minimum atomic E-state index is -0.220. The van der Waals surface area contributed by atoms with Gasteiger partial charge in [-0.2, -0.15) is 0 Å². The Morgan fingerprint density at radius 1 is 1.12 bits per heavy atom. The Bertz CT molecular complexity index is 763. The third kappa shape index (κ3) is 3.81. The molecule has 1 aliphatic rings. The molecule has 2 aromatic rings. The normalized spacial score (nSPS) is 18.8. The lowest BCUT2D eigenvalue weighted by Gasteiger charge is -2.21. The number of pyridine rings is 1. The highest BCUT2D eigenvalue weighted by Gasteiger charge is 2.49. The summed E-state index contributed by atoms with van der Waals surface area (Å²) < 4.78 is 0. The summed E-state index contributed by atoms with van der Waals surface area (Å²) in [6.07, 6.45) is 4.25. The molecule has 2 unspecified atom stereocenters. The van der Waals surface area contributed by atoms with Crippen LogP contribution in [0.25, 0.3) is 10.9 Å². The fraction of sp³-hybridized carbons (Fsp3) is 0.450. The number of carbonyl (C=O) groups is 2. The summed E-state index contributed by atoms with van der Waals surface area (Å²) in [5, 5.41) is 3.95.